The fourth-order valence-electron chi connectivity index (χ4n) is 2.12. The van der Waals surface area contributed by atoms with Crippen molar-refractivity contribution in [3.63, 3.8) is 0 Å². The zero-order valence-corrected chi connectivity index (χ0v) is 14.5. The van der Waals surface area contributed by atoms with E-state index >= 15 is 0 Å². The molecule has 0 saturated heterocycles. The first-order valence-electron chi connectivity index (χ1n) is 7.78. The van der Waals surface area contributed by atoms with E-state index in [-0.39, 0.29) is 13.2 Å². The molecule has 1 amide bonds. The normalized spacial score (nSPS) is 10.0. The second-order valence-corrected chi connectivity index (χ2v) is 5.47. The minimum absolute atomic E-state index is 0.308. The number of amides is 1. The van der Waals surface area contributed by atoms with Crippen LogP contribution in [0.25, 0.3) is 0 Å². The summed E-state index contributed by atoms with van der Waals surface area (Å²) in [6, 6.07) is 12.7. The molecule has 0 fully saturated rings. The molecule has 2 rings (SSSR count). The Hall–Kier alpha value is -3.02. The molecule has 0 bridgehead atoms. The topological polar surface area (TPSA) is 73.9 Å². The molecule has 0 aliphatic carbocycles. The molecular weight excluding hydrogens is 322 g/mol. The monoisotopic (exact) mass is 343 g/mol. The lowest BCUT2D eigenvalue weighted by Crippen LogP contribution is -2.24. The second-order valence-electron chi connectivity index (χ2n) is 5.47. The predicted molar refractivity (Wildman–Crippen MR) is 94.0 cm³/mol. The summed E-state index contributed by atoms with van der Waals surface area (Å²) in [5.74, 6) is -0.0916. The van der Waals surface area contributed by atoms with Crippen molar-refractivity contribution in [2.24, 2.45) is 0 Å². The van der Waals surface area contributed by atoms with Gasteiger partial charge in [0.05, 0.1) is 7.11 Å². The number of methoxy groups -OCH3 is 1. The number of carbonyl (C=O) groups is 2. The predicted octanol–water partition coefficient (Wildman–Crippen LogP) is 2.87. The number of hydrogen-bond donors (Lipinski definition) is 1. The summed E-state index contributed by atoms with van der Waals surface area (Å²) in [5, 5.41) is 2.72. The highest BCUT2D eigenvalue weighted by molar-refractivity contribution is 5.93. The maximum atomic E-state index is 11.9. The van der Waals surface area contributed by atoms with Gasteiger partial charge in [-0.1, -0.05) is 24.3 Å². The lowest BCUT2D eigenvalue weighted by atomic mass is 10.1. The third-order valence-electron chi connectivity index (χ3n) is 3.45. The molecule has 0 spiro atoms. The number of carbonyl (C=O) groups excluding carboxylic acids is 2. The number of benzene rings is 2. The molecule has 0 saturated carbocycles. The van der Waals surface area contributed by atoms with Crippen molar-refractivity contribution in [3.05, 3.63) is 53.6 Å². The van der Waals surface area contributed by atoms with E-state index in [2.05, 4.69) is 5.32 Å². The van der Waals surface area contributed by atoms with Crippen LogP contribution in [-0.2, 0) is 14.3 Å². The summed E-state index contributed by atoms with van der Waals surface area (Å²) in [7, 11) is 1.51. The summed E-state index contributed by atoms with van der Waals surface area (Å²) < 4.78 is 15.4. The number of esters is 1. The van der Waals surface area contributed by atoms with Crippen LogP contribution in [0.2, 0.25) is 0 Å². The zero-order valence-electron chi connectivity index (χ0n) is 14.5. The Bertz CT molecular complexity index is 757. The third-order valence-corrected chi connectivity index (χ3v) is 3.45. The van der Waals surface area contributed by atoms with Crippen LogP contribution < -0.4 is 14.8 Å². The molecule has 6 nitrogen and oxygen atoms in total. The van der Waals surface area contributed by atoms with Crippen molar-refractivity contribution in [2.75, 3.05) is 25.6 Å². The van der Waals surface area contributed by atoms with Crippen molar-refractivity contribution in [2.45, 2.75) is 13.8 Å². The minimum Gasteiger partial charge on any atom is -0.493 e. The molecule has 25 heavy (non-hydrogen) atoms. The molecule has 0 unspecified atom stereocenters. The molecule has 6 heteroatoms. The van der Waals surface area contributed by atoms with Gasteiger partial charge in [0.15, 0.2) is 24.7 Å². The van der Waals surface area contributed by atoms with Gasteiger partial charge >= 0.3 is 5.97 Å². The van der Waals surface area contributed by atoms with E-state index in [0.29, 0.717) is 17.2 Å². The number of rotatable bonds is 7. The first kappa shape index (κ1) is 18.3. The highest BCUT2D eigenvalue weighted by Crippen LogP contribution is 2.25. The smallest absolute Gasteiger partial charge is 0.344 e. The first-order chi connectivity index (χ1) is 12.0. The van der Waals surface area contributed by atoms with Crippen molar-refractivity contribution in [1.29, 1.82) is 0 Å². The number of ether oxygens (including phenoxy) is 3. The summed E-state index contributed by atoms with van der Waals surface area (Å²) >= 11 is 0. The molecule has 0 aromatic heterocycles. The van der Waals surface area contributed by atoms with Gasteiger partial charge in [-0.05, 0) is 43.2 Å². The maximum absolute atomic E-state index is 11.9. The van der Waals surface area contributed by atoms with Gasteiger partial charge in [-0.25, -0.2) is 4.79 Å². The largest absolute Gasteiger partial charge is 0.493 e. The van der Waals surface area contributed by atoms with Gasteiger partial charge in [-0.3, -0.25) is 4.79 Å². The quantitative estimate of drug-likeness (QED) is 0.783. The Balaban J connectivity index is 1.79. The van der Waals surface area contributed by atoms with Gasteiger partial charge in [0.25, 0.3) is 5.91 Å². The van der Waals surface area contributed by atoms with E-state index in [9.17, 15) is 9.59 Å². The van der Waals surface area contributed by atoms with Gasteiger partial charge in [0.1, 0.15) is 0 Å². The number of anilines is 1. The molecule has 132 valence electrons. The molecule has 2 aromatic rings. The zero-order chi connectivity index (χ0) is 18.2. The average molecular weight is 343 g/mol. The van der Waals surface area contributed by atoms with E-state index in [1.54, 1.807) is 24.3 Å². The third kappa shape index (κ3) is 5.53. The standard InChI is InChI=1S/C19H21NO5/c1-13-8-9-14(2)15(10-13)20-18(21)11-25-19(22)12-24-17-7-5-4-6-16(17)23-3/h4-10H,11-12H2,1-3H3,(H,20,21). The van der Waals surface area contributed by atoms with E-state index in [1.807, 2.05) is 32.0 Å². The van der Waals surface area contributed by atoms with Crippen LogP contribution >= 0.6 is 0 Å². The first-order valence-corrected chi connectivity index (χ1v) is 7.78. The second kappa shape index (κ2) is 8.73. The van der Waals surface area contributed by atoms with Crippen molar-refractivity contribution >= 4 is 17.6 Å². The summed E-state index contributed by atoms with van der Waals surface area (Å²) in [6.45, 7) is 3.14. The van der Waals surface area contributed by atoms with Crippen LogP contribution in [0.4, 0.5) is 5.69 Å². The Kier molecular flexibility index (Phi) is 6.39. The fourth-order valence-corrected chi connectivity index (χ4v) is 2.12. The number of aryl methyl sites for hydroxylation is 2. The Morgan fingerprint density at radius 2 is 1.72 bits per heavy atom. The lowest BCUT2D eigenvalue weighted by molar-refractivity contribution is -0.149. The van der Waals surface area contributed by atoms with Crippen LogP contribution in [0.15, 0.2) is 42.5 Å². The van der Waals surface area contributed by atoms with Gasteiger partial charge in [-0.15, -0.1) is 0 Å². The van der Waals surface area contributed by atoms with Gasteiger partial charge < -0.3 is 19.5 Å². The Labute approximate surface area is 146 Å². The van der Waals surface area contributed by atoms with Crippen LogP contribution in [0.3, 0.4) is 0 Å². The maximum Gasteiger partial charge on any atom is 0.344 e. The molecule has 2 aromatic carbocycles. The van der Waals surface area contributed by atoms with Crippen LogP contribution in [0.5, 0.6) is 11.5 Å². The van der Waals surface area contributed by atoms with Crippen LogP contribution in [0.1, 0.15) is 11.1 Å². The molecule has 0 atom stereocenters. The molecule has 0 radical (unpaired) electrons. The molecule has 1 N–H and O–H groups in total. The highest BCUT2D eigenvalue weighted by Gasteiger charge is 2.11. The number of para-hydroxylation sites is 2. The van der Waals surface area contributed by atoms with Crippen molar-refractivity contribution < 1.29 is 23.8 Å². The van der Waals surface area contributed by atoms with E-state index in [1.165, 1.54) is 7.11 Å². The van der Waals surface area contributed by atoms with Crippen LogP contribution in [0, 0.1) is 13.8 Å². The Morgan fingerprint density at radius 3 is 2.44 bits per heavy atom. The van der Waals surface area contributed by atoms with E-state index in [0.717, 1.165) is 11.1 Å². The molecular formula is C19H21NO5. The molecule has 0 aliphatic heterocycles. The van der Waals surface area contributed by atoms with Crippen molar-refractivity contribution in [3.8, 4) is 11.5 Å². The summed E-state index contributed by atoms with van der Waals surface area (Å²) in [4.78, 5) is 23.6. The average Bonchev–Trinajstić information content (AvgIpc) is 2.61. The SMILES string of the molecule is COc1ccccc1OCC(=O)OCC(=O)Nc1cc(C)ccc1C. The highest BCUT2D eigenvalue weighted by atomic mass is 16.6. The minimum atomic E-state index is -0.637. The van der Waals surface area contributed by atoms with Gasteiger partial charge in [0, 0.05) is 5.69 Å². The van der Waals surface area contributed by atoms with Gasteiger partial charge in [-0.2, -0.15) is 0 Å². The van der Waals surface area contributed by atoms with Crippen molar-refractivity contribution in [1.82, 2.24) is 0 Å². The molecule has 0 aliphatic rings. The van der Waals surface area contributed by atoms with Crippen LogP contribution in [-0.4, -0.2) is 32.2 Å². The van der Waals surface area contributed by atoms with Gasteiger partial charge in [0.2, 0.25) is 0 Å². The Morgan fingerprint density at radius 1 is 1.00 bits per heavy atom. The number of hydrogen-bond acceptors (Lipinski definition) is 5. The lowest BCUT2D eigenvalue weighted by Gasteiger charge is -2.11. The molecule has 0 heterocycles. The summed E-state index contributed by atoms with van der Waals surface area (Å²) in [6.07, 6.45) is 0. The van der Waals surface area contributed by atoms with E-state index in [4.69, 9.17) is 14.2 Å². The number of nitrogens with one attached hydrogen (secondary N) is 1. The summed E-state index contributed by atoms with van der Waals surface area (Å²) in [5.41, 5.74) is 2.67. The fraction of sp³-hybridized carbons (Fsp3) is 0.263. The van der Waals surface area contributed by atoms with E-state index < -0.39 is 11.9 Å².